The van der Waals surface area contributed by atoms with Gasteiger partial charge in [0.15, 0.2) is 17.2 Å². The smallest absolute Gasteiger partial charge is 0.356 e. The SMILES string of the molecule is CN1CCN(Cc2c(C(=O)O)nc3c(F)cccn23)CC1. The highest BCUT2D eigenvalue weighted by Gasteiger charge is 2.23. The van der Waals surface area contributed by atoms with Gasteiger partial charge in [-0.05, 0) is 19.2 Å². The molecule has 0 amide bonds. The number of halogens is 1. The third-order valence-electron chi connectivity index (χ3n) is 3.87. The first-order chi connectivity index (χ1) is 10.1. The van der Waals surface area contributed by atoms with Crippen LogP contribution in [-0.4, -0.2) is 63.5 Å². The highest BCUT2D eigenvalue weighted by Crippen LogP contribution is 2.18. The van der Waals surface area contributed by atoms with Crippen molar-refractivity contribution in [2.24, 2.45) is 0 Å². The van der Waals surface area contributed by atoms with Gasteiger partial charge < -0.3 is 10.0 Å². The first kappa shape index (κ1) is 14.0. The molecule has 0 aliphatic carbocycles. The van der Waals surface area contributed by atoms with E-state index in [1.54, 1.807) is 12.3 Å². The molecule has 0 spiro atoms. The molecule has 0 bridgehead atoms. The lowest BCUT2D eigenvalue weighted by Gasteiger charge is -2.32. The minimum Gasteiger partial charge on any atom is -0.476 e. The Morgan fingerprint density at radius 1 is 1.38 bits per heavy atom. The van der Waals surface area contributed by atoms with Gasteiger partial charge >= 0.3 is 5.97 Å². The summed E-state index contributed by atoms with van der Waals surface area (Å²) in [5.74, 6) is -1.63. The van der Waals surface area contributed by atoms with E-state index in [1.807, 2.05) is 0 Å². The number of fused-ring (bicyclic) bond motifs is 1. The average Bonchev–Trinajstić information content (AvgIpc) is 2.82. The van der Waals surface area contributed by atoms with Gasteiger partial charge in [0.2, 0.25) is 0 Å². The van der Waals surface area contributed by atoms with Crippen LogP contribution in [0.4, 0.5) is 4.39 Å². The van der Waals surface area contributed by atoms with Gasteiger partial charge in [0.05, 0.1) is 5.69 Å². The minimum atomic E-state index is -1.12. The van der Waals surface area contributed by atoms with E-state index in [4.69, 9.17) is 0 Å². The summed E-state index contributed by atoms with van der Waals surface area (Å²) < 4.78 is 15.3. The van der Waals surface area contributed by atoms with Gasteiger partial charge in [-0.2, -0.15) is 0 Å². The van der Waals surface area contributed by atoms with Crippen molar-refractivity contribution in [3.8, 4) is 0 Å². The van der Waals surface area contributed by atoms with E-state index in [9.17, 15) is 14.3 Å². The number of piperazine rings is 1. The molecule has 21 heavy (non-hydrogen) atoms. The molecular weight excluding hydrogens is 275 g/mol. The molecule has 112 valence electrons. The van der Waals surface area contributed by atoms with Gasteiger partial charge in [0.25, 0.3) is 0 Å². The fourth-order valence-electron chi connectivity index (χ4n) is 2.62. The second kappa shape index (κ2) is 5.42. The van der Waals surface area contributed by atoms with Gasteiger partial charge in [0.1, 0.15) is 0 Å². The molecule has 1 fully saturated rings. The van der Waals surface area contributed by atoms with E-state index in [-0.39, 0.29) is 11.3 Å². The molecule has 1 aliphatic rings. The number of carboxylic acid groups (broad SMARTS) is 1. The van der Waals surface area contributed by atoms with Crippen molar-refractivity contribution in [3.05, 3.63) is 35.5 Å². The van der Waals surface area contributed by atoms with E-state index in [0.29, 0.717) is 12.2 Å². The van der Waals surface area contributed by atoms with Crippen LogP contribution in [0.3, 0.4) is 0 Å². The summed E-state index contributed by atoms with van der Waals surface area (Å²) in [6.45, 7) is 4.05. The molecule has 2 aromatic rings. The summed E-state index contributed by atoms with van der Waals surface area (Å²) in [6.07, 6.45) is 1.66. The molecule has 1 aliphatic heterocycles. The normalized spacial score (nSPS) is 17.4. The molecule has 0 radical (unpaired) electrons. The van der Waals surface area contributed by atoms with Crippen molar-refractivity contribution in [2.45, 2.75) is 6.54 Å². The third-order valence-corrected chi connectivity index (χ3v) is 3.87. The lowest BCUT2D eigenvalue weighted by Crippen LogP contribution is -2.44. The van der Waals surface area contributed by atoms with Crippen LogP contribution in [-0.2, 0) is 6.54 Å². The highest BCUT2D eigenvalue weighted by atomic mass is 19.1. The van der Waals surface area contributed by atoms with Crippen molar-refractivity contribution >= 4 is 11.6 Å². The fourth-order valence-corrected chi connectivity index (χ4v) is 2.62. The Morgan fingerprint density at radius 3 is 2.76 bits per heavy atom. The number of carbonyl (C=O) groups is 1. The fraction of sp³-hybridized carbons (Fsp3) is 0.429. The summed E-state index contributed by atoms with van der Waals surface area (Å²) in [5, 5.41) is 9.30. The number of aromatic carboxylic acids is 1. The van der Waals surface area contributed by atoms with Crippen molar-refractivity contribution < 1.29 is 14.3 Å². The maximum Gasteiger partial charge on any atom is 0.356 e. The van der Waals surface area contributed by atoms with E-state index >= 15 is 0 Å². The second-order valence-electron chi connectivity index (χ2n) is 5.34. The van der Waals surface area contributed by atoms with Gasteiger partial charge in [-0.3, -0.25) is 9.30 Å². The van der Waals surface area contributed by atoms with Gasteiger partial charge in [-0.1, -0.05) is 0 Å². The molecular formula is C14H17FN4O2. The molecule has 0 aromatic carbocycles. The van der Waals surface area contributed by atoms with Crippen molar-refractivity contribution in [1.82, 2.24) is 19.2 Å². The quantitative estimate of drug-likeness (QED) is 0.911. The predicted molar refractivity (Wildman–Crippen MR) is 74.9 cm³/mol. The number of carboxylic acids is 1. The molecule has 0 saturated carbocycles. The molecule has 1 saturated heterocycles. The molecule has 3 heterocycles. The number of hydrogen-bond acceptors (Lipinski definition) is 4. The Hall–Kier alpha value is -1.99. The van der Waals surface area contributed by atoms with Crippen molar-refractivity contribution in [3.63, 3.8) is 0 Å². The van der Waals surface area contributed by atoms with Gasteiger partial charge in [-0.25, -0.2) is 14.2 Å². The second-order valence-corrected chi connectivity index (χ2v) is 5.34. The number of nitrogens with zero attached hydrogens (tertiary/aromatic N) is 4. The van der Waals surface area contributed by atoms with Crippen LogP contribution in [0.1, 0.15) is 16.2 Å². The summed E-state index contributed by atoms with van der Waals surface area (Å²) in [4.78, 5) is 19.7. The van der Waals surface area contributed by atoms with E-state index < -0.39 is 11.8 Å². The van der Waals surface area contributed by atoms with E-state index in [0.717, 1.165) is 26.2 Å². The number of pyridine rings is 1. The highest BCUT2D eigenvalue weighted by molar-refractivity contribution is 5.88. The standard InChI is InChI=1S/C14H17FN4O2/c1-17-5-7-18(8-6-17)9-11-12(14(20)21)16-13-10(15)3-2-4-19(11)13/h2-4H,5-9H2,1H3,(H,20,21). The average molecular weight is 292 g/mol. The summed E-state index contributed by atoms with van der Waals surface area (Å²) in [6, 6.07) is 2.84. The Kier molecular flexibility index (Phi) is 3.60. The van der Waals surface area contributed by atoms with Crippen molar-refractivity contribution in [1.29, 1.82) is 0 Å². The van der Waals surface area contributed by atoms with Crippen LogP contribution in [0.25, 0.3) is 5.65 Å². The first-order valence-corrected chi connectivity index (χ1v) is 6.86. The zero-order chi connectivity index (χ0) is 15.0. The Balaban J connectivity index is 1.98. The molecule has 6 nitrogen and oxygen atoms in total. The molecule has 2 aromatic heterocycles. The van der Waals surface area contributed by atoms with E-state index in [1.165, 1.54) is 10.5 Å². The molecule has 3 rings (SSSR count). The maximum atomic E-state index is 13.8. The van der Waals surface area contributed by atoms with Crippen LogP contribution in [0.2, 0.25) is 0 Å². The largest absolute Gasteiger partial charge is 0.476 e. The molecule has 0 unspecified atom stereocenters. The lowest BCUT2D eigenvalue weighted by atomic mass is 10.2. The number of rotatable bonds is 3. The molecule has 7 heteroatoms. The van der Waals surface area contributed by atoms with Gasteiger partial charge in [0, 0.05) is 38.9 Å². The minimum absolute atomic E-state index is 0.0685. The predicted octanol–water partition coefficient (Wildman–Crippen LogP) is 0.919. The maximum absolute atomic E-state index is 13.8. The number of aromatic nitrogens is 2. The zero-order valence-electron chi connectivity index (χ0n) is 11.8. The topological polar surface area (TPSA) is 61.1 Å². The summed E-state index contributed by atoms with van der Waals surface area (Å²) in [5.41, 5.74) is 0.527. The van der Waals surface area contributed by atoms with Crippen molar-refractivity contribution in [2.75, 3.05) is 33.2 Å². The lowest BCUT2D eigenvalue weighted by molar-refractivity contribution is 0.0687. The first-order valence-electron chi connectivity index (χ1n) is 6.86. The molecule has 0 atom stereocenters. The number of imidazole rings is 1. The van der Waals surface area contributed by atoms with Crippen LogP contribution in [0.5, 0.6) is 0 Å². The summed E-state index contributed by atoms with van der Waals surface area (Å²) in [7, 11) is 2.06. The van der Waals surface area contributed by atoms with Crippen LogP contribution in [0.15, 0.2) is 18.3 Å². The molecule has 1 N–H and O–H groups in total. The third kappa shape index (κ3) is 2.62. The van der Waals surface area contributed by atoms with E-state index in [2.05, 4.69) is 21.8 Å². The zero-order valence-corrected chi connectivity index (χ0v) is 11.8. The monoisotopic (exact) mass is 292 g/mol. The van der Waals surface area contributed by atoms with Crippen LogP contribution in [0, 0.1) is 5.82 Å². The Bertz CT molecular complexity index is 677. The number of hydrogen-bond donors (Lipinski definition) is 1. The summed E-state index contributed by atoms with van der Waals surface area (Å²) >= 11 is 0. The Morgan fingerprint density at radius 2 is 2.10 bits per heavy atom. The van der Waals surface area contributed by atoms with Crippen LogP contribution < -0.4 is 0 Å². The van der Waals surface area contributed by atoms with Gasteiger partial charge in [-0.15, -0.1) is 0 Å². The van der Waals surface area contributed by atoms with Crippen LogP contribution >= 0.6 is 0 Å². The number of likely N-dealkylation sites (N-methyl/N-ethyl adjacent to an activating group) is 1. The Labute approximate surface area is 121 Å².